The van der Waals surface area contributed by atoms with Gasteiger partial charge in [-0.25, -0.2) is 0 Å². The van der Waals surface area contributed by atoms with E-state index in [9.17, 15) is 5.11 Å². The van der Waals surface area contributed by atoms with Crippen LogP contribution in [0.4, 0.5) is 0 Å². The number of rotatable bonds is 4. The minimum atomic E-state index is -0.534. The lowest BCUT2D eigenvalue weighted by Gasteiger charge is -2.37. The van der Waals surface area contributed by atoms with Gasteiger partial charge in [0.1, 0.15) is 12.2 Å². The van der Waals surface area contributed by atoms with Crippen LogP contribution >= 0.6 is 0 Å². The number of hydrogen-bond donors (Lipinski definition) is 1. The van der Waals surface area contributed by atoms with Crippen LogP contribution in [0.2, 0.25) is 0 Å². The number of aryl methyl sites for hydroxylation is 1. The van der Waals surface area contributed by atoms with Gasteiger partial charge in [0.05, 0.1) is 6.61 Å². The molecule has 1 N–H and O–H groups in total. The van der Waals surface area contributed by atoms with Crippen LogP contribution in [-0.2, 0) is 11.2 Å². The van der Waals surface area contributed by atoms with Crippen molar-refractivity contribution in [1.29, 1.82) is 0 Å². The number of benzene rings is 1. The molecule has 0 radical (unpaired) electrons. The van der Waals surface area contributed by atoms with Gasteiger partial charge in [-0.05, 0) is 31.4 Å². The minimum Gasteiger partial charge on any atom is -0.386 e. The molecule has 1 saturated heterocycles. The van der Waals surface area contributed by atoms with Gasteiger partial charge < -0.3 is 9.84 Å². The second-order valence-electron chi connectivity index (χ2n) is 5.54. The highest BCUT2D eigenvalue weighted by Gasteiger charge is 2.28. The van der Waals surface area contributed by atoms with Gasteiger partial charge >= 0.3 is 0 Å². The number of aliphatic hydroxyl groups is 1. The Balaban J connectivity index is 2.07. The maximum absolute atomic E-state index is 10.5. The molecule has 1 aromatic carbocycles. The second kappa shape index (κ2) is 6.51. The Labute approximate surface area is 116 Å². The molecule has 0 spiro atoms. The molecule has 0 saturated carbocycles. The second-order valence-corrected chi connectivity index (χ2v) is 5.54. The zero-order chi connectivity index (χ0) is 13.8. The van der Waals surface area contributed by atoms with Gasteiger partial charge in [0, 0.05) is 19.1 Å². The molecule has 2 rings (SSSR count). The van der Waals surface area contributed by atoms with Gasteiger partial charge in [-0.3, -0.25) is 4.90 Å². The normalized spacial score (nSPS) is 22.7. The van der Waals surface area contributed by atoms with Crippen LogP contribution in [0.5, 0.6) is 0 Å². The Hall–Kier alpha value is -0.900. The summed E-state index contributed by atoms with van der Waals surface area (Å²) >= 11 is 0. The van der Waals surface area contributed by atoms with Crippen LogP contribution in [0.25, 0.3) is 0 Å². The Morgan fingerprint density at radius 3 is 2.89 bits per heavy atom. The van der Waals surface area contributed by atoms with E-state index in [-0.39, 0.29) is 6.10 Å². The first-order valence-electron chi connectivity index (χ1n) is 7.24. The number of hydrogen-bond acceptors (Lipinski definition) is 3. The molecule has 106 valence electrons. The molecule has 1 aliphatic rings. The van der Waals surface area contributed by atoms with Crippen molar-refractivity contribution in [3.8, 4) is 0 Å². The van der Waals surface area contributed by atoms with Crippen LogP contribution in [0.3, 0.4) is 0 Å². The summed E-state index contributed by atoms with van der Waals surface area (Å²) in [7, 11) is 0. The molecule has 0 aliphatic carbocycles. The van der Waals surface area contributed by atoms with E-state index in [1.54, 1.807) is 0 Å². The lowest BCUT2D eigenvalue weighted by molar-refractivity contribution is -0.0961. The molecule has 0 amide bonds. The third kappa shape index (κ3) is 3.56. The maximum Gasteiger partial charge on any atom is 0.106 e. The van der Waals surface area contributed by atoms with Crippen molar-refractivity contribution in [2.24, 2.45) is 0 Å². The number of nitrogens with zero attached hydrogens (tertiary/aromatic N) is 1. The first-order valence-corrected chi connectivity index (χ1v) is 7.24. The highest BCUT2D eigenvalue weighted by Crippen LogP contribution is 2.24. The van der Waals surface area contributed by atoms with Crippen molar-refractivity contribution in [3.05, 3.63) is 35.4 Å². The Bertz CT molecular complexity index is 405. The summed E-state index contributed by atoms with van der Waals surface area (Å²) in [6, 6.07) is 8.68. The van der Waals surface area contributed by atoms with E-state index in [1.807, 2.05) is 12.1 Å². The fraction of sp³-hybridized carbons (Fsp3) is 0.625. The fourth-order valence-electron chi connectivity index (χ4n) is 2.57. The van der Waals surface area contributed by atoms with E-state index in [1.165, 1.54) is 5.56 Å². The zero-order valence-electron chi connectivity index (χ0n) is 12.2. The molecule has 2 atom stereocenters. The van der Waals surface area contributed by atoms with Crippen LogP contribution in [0.1, 0.15) is 38.0 Å². The van der Waals surface area contributed by atoms with Gasteiger partial charge in [0.25, 0.3) is 0 Å². The standard InChI is InChI=1S/C16H25NO2/c1-4-13-6-5-7-14(10-13)16(18)15-11-17(12(2)3)8-9-19-15/h5-7,10,12,15-16,18H,4,8-9,11H2,1-3H3. The van der Waals surface area contributed by atoms with Crippen LogP contribution in [0, 0.1) is 0 Å². The van der Waals surface area contributed by atoms with E-state index in [4.69, 9.17) is 4.74 Å². The largest absolute Gasteiger partial charge is 0.386 e. The summed E-state index contributed by atoms with van der Waals surface area (Å²) in [6.45, 7) is 8.96. The lowest BCUT2D eigenvalue weighted by atomic mass is 9.99. The Morgan fingerprint density at radius 2 is 2.21 bits per heavy atom. The van der Waals surface area contributed by atoms with E-state index in [0.717, 1.165) is 25.1 Å². The van der Waals surface area contributed by atoms with Crippen molar-refractivity contribution in [3.63, 3.8) is 0 Å². The van der Waals surface area contributed by atoms with E-state index >= 15 is 0 Å². The van der Waals surface area contributed by atoms with Crippen molar-refractivity contribution in [2.45, 2.75) is 45.4 Å². The van der Waals surface area contributed by atoms with E-state index < -0.39 is 6.10 Å². The first kappa shape index (κ1) is 14.5. The quantitative estimate of drug-likeness (QED) is 0.905. The van der Waals surface area contributed by atoms with E-state index in [2.05, 4.69) is 37.8 Å². The minimum absolute atomic E-state index is 0.122. The molecule has 1 aromatic rings. The number of aliphatic hydroxyl groups excluding tert-OH is 1. The third-order valence-electron chi connectivity index (χ3n) is 3.91. The molecule has 19 heavy (non-hydrogen) atoms. The van der Waals surface area contributed by atoms with Crippen LogP contribution in [0.15, 0.2) is 24.3 Å². The predicted octanol–water partition coefficient (Wildman–Crippen LogP) is 2.39. The predicted molar refractivity (Wildman–Crippen MR) is 77.2 cm³/mol. The molecular weight excluding hydrogens is 238 g/mol. The SMILES string of the molecule is CCc1cccc(C(O)C2CN(C(C)C)CCO2)c1. The summed E-state index contributed by atoms with van der Waals surface area (Å²) in [6.07, 6.45) is 0.334. The molecule has 0 bridgehead atoms. The van der Waals surface area contributed by atoms with Crippen molar-refractivity contribution in [2.75, 3.05) is 19.7 Å². The highest BCUT2D eigenvalue weighted by atomic mass is 16.5. The summed E-state index contributed by atoms with van der Waals surface area (Å²) in [4.78, 5) is 2.36. The molecular formula is C16H25NO2. The molecule has 2 unspecified atom stereocenters. The van der Waals surface area contributed by atoms with Gasteiger partial charge in [0.15, 0.2) is 0 Å². The third-order valence-corrected chi connectivity index (χ3v) is 3.91. The van der Waals surface area contributed by atoms with Gasteiger partial charge in [-0.1, -0.05) is 31.2 Å². The zero-order valence-corrected chi connectivity index (χ0v) is 12.2. The van der Waals surface area contributed by atoms with Gasteiger partial charge in [0.2, 0.25) is 0 Å². The molecule has 3 heteroatoms. The summed E-state index contributed by atoms with van der Waals surface area (Å²) < 4.78 is 5.76. The Kier molecular flexibility index (Phi) is 4.97. The van der Waals surface area contributed by atoms with Crippen LogP contribution < -0.4 is 0 Å². The number of ether oxygens (including phenoxy) is 1. The Morgan fingerprint density at radius 1 is 1.42 bits per heavy atom. The highest BCUT2D eigenvalue weighted by molar-refractivity contribution is 5.26. The molecule has 3 nitrogen and oxygen atoms in total. The van der Waals surface area contributed by atoms with E-state index in [0.29, 0.717) is 12.6 Å². The first-order chi connectivity index (χ1) is 9.11. The summed E-state index contributed by atoms with van der Waals surface area (Å²) in [5.41, 5.74) is 2.23. The number of morpholine rings is 1. The van der Waals surface area contributed by atoms with Crippen LogP contribution in [-0.4, -0.2) is 41.8 Å². The smallest absolute Gasteiger partial charge is 0.106 e. The average molecular weight is 263 g/mol. The van der Waals surface area contributed by atoms with Gasteiger partial charge in [-0.2, -0.15) is 0 Å². The topological polar surface area (TPSA) is 32.7 Å². The maximum atomic E-state index is 10.5. The molecule has 1 aliphatic heterocycles. The van der Waals surface area contributed by atoms with Crippen molar-refractivity contribution >= 4 is 0 Å². The van der Waals surface area contributed by atoms with Crippen molar-refractivity contribution in [1.82, 2.24) is 4.90 Å². The summed E-state index contributed by atoms with van der Waals surface area (Å²) in [5, 5.41) is 10.5. The summed E-state index contributed by atoms with van der Waals surface area (Å²) in [5.74, 6) is 0. The molecule has 1 heterocycles. The van der Waals surface area contributed by atoms with Crippen molar-refractivity contribution < 1.29 is 9.84 Å². The monoisotopic (exact) mass is 263 g/mol. The lowest BCUT2D eigenvalue weighted by Crippen LogP contribution is -2.47. The average Bonchev–Trinajstić information content (AvgIpc) is 2.46. The molecule has 1 fully saturated rings. The van der Waals surface area contributed by atoms with Gasteiger partial charge in [-0.15, -0.1) is 0 Å². The molecule has 0 aromatic heterocycles. The fourth-order valence-corrected chi connectivity index (χ4v) is 2.57.